The Morgan fingerprint density at radius 3 is 2.09 bits per heavy atom. The van der Waals surface area contributed by atoms with Crippen LogP contribution in [0.4, 0.5) is 0 Å². The van der Waals surface area contributed by atoms with Gasteiger partial charge in [0.2, 0.25) is 0 Å². The van der Waals surface area contributed by atoms with Crippen molar-refractivity contribution in [2.24, 2.45) is 22.5 Å². The molecule has 2 aliphatic rings. The summed E-state index contributed by atoms with van der Waals surface area (Å²) in [5.41, 5.74) is 7.08. The number of nitrogens with two attached hydrogens (primary N) is 1. The van der Waals surface area contributed by atoms with Crippen molar-refractivity contribution in [2.75, 3.05) is 0 Å². The van der Waals surface area contributed by atoms with E-state index in [-0.39, 0.29) is 0 Å². The van der Waals surface area contributed by atoms with Crippen LogP contribution in [0.25, 0.3) is 0 Å². The molecule has 0 heterocycles. The van der Waals surface area contributed by atoms with Gasteiger partial charge in [-0.1, -0.05) is 20.8 Å². The molecule has 2 N–H and O–H groups in total. The minimum Gasteiger partial charge on any atom is -0.327 e. The predicted molar refractivity (Wildman–Crippen MR) is 47.2 cm³/mol. The summed E-state index contributed by atoms with van der Waals surface area (Å²) in [5.74, 6) is 0.905. The summed E-state index contributed by atoms with van der Waals surface area (Å²) in [4.78, 5) is 0. The second kappa shape index (κ2) is 1.82. The number of hydrogen-bond donors (Lipinski definition) is 1. The van der Waals surface area contributed by atoms with Gasteiger partial charge in [-0.15, -0.1) is 0 Å². The zero-order chi connectivity index (χ0) is 8.28. The molecular formula is C10H19N. The van der Waals surface area contributed by atoms with Crippen LogP contribution >= 0.6 is 0 Å². The van der Waals surface area contributed by atoms with Crippen LogP contribution in [0.2, 0.25) is 0 Å². The van der Waals surface area contributed by atoms with Gasteiger partial charge in [0.15, 0.2) is 0 Å². The van der Waals surface area contributed by atoms with E-state index < -0.39 is 0 Å². The molecule has 0 aromatic heterocycles. The quantitative estimate of drug-likeness (QED) is 0.567. The van der Waals surface area contributed by atoms with Crippen LogP contribution < -0.4 is 5.73 Å². The first kappa shape index (κ1) is 7.60. The second-order valence-electron chi connectivity index (χ2n) is 5.22. The van der Waals surface area contributed by atoms with Gasteiger partial charge in [0, 0.05) is 6.04 Å². The fourth-order valence-corrected chi connectivity index (χ4v) is 3.27. The highest BCUT2D eigenvalue weighted by molar-refractivity contribution is 5.11. The lowest BCUT2D eigenvalue weighted by molar-refractivity contribution is 0.136. The molecule has 0 aromatic carbocycles. The molecule has 0 aliphatic heterocycles. The second-order valence-corrected chi connectivity index (χ2v) is 5.22. The average Bonchev–Trinajstić information content (AvgIpc) is 2.20. The maximum absolute atomic E-state index is 6.13. The van der Waals surface area contributed by atoms with E-state index in [1.165, 1.54) is 19.3 Å². The Morgan fingerprint density at radius 1 is 1.27 bits per heavy atom. The zero-order valence-corrected chi connectivity index (χ0v) is 7.85. The van der Waals surface area contributed by atoms with E-state index >= 15 is 0 Å². The van der Waals surface area contributed by atoms with E-state index in [1.54, 1.807) is 0 Å². The summed E-state index contributed by atoms with van der Waals surface area (Å²) < 4.78 is 0. The van der Waals surface area contributed by atoms with Crippen molar-refractivity contribution in [1.29, 1.82) is 0 Å². The van der Waals surface area contributed by atoms with Gasteiger partial charge >= 0.3 is 0 Å². The molecule has 0 radical (unpaired) electrons. The Kier molecular flexibility index (Phi) is 1.26. The molecule has 2 saturated carbocycles. The molecule has 3 atom stereocenters. The summed E-state index contributed by atoms with van der Waals surface area (Å²) >= 11 is 0. The van der Waals surface area contributed by atoms with Crippen molar-refractivity contribution in [3.63, 3.8) is 0 Å². The highest BCUT2D eigenvalue weighted by Crippen LogP contribution is 2.64. The number of rotatable bonds is 0. The Bertz CT molecular complexity index is 185. The summed E-state index contributed by atoms with van der Waals surface area (Å²) in [7, 11) is 0. The largest absolute Gasteiger partial charge is 0.327 e. The zero-order valence-electron chi connectivity index (χ0n) is 7.85. The van der Waals surface area contributed by atoms with E-state index in [0.29, 0.717) is 16.9 Å². The van der Waals surface area contributed by atoms with Crippen molar-refractivity contribution >= 4 is 0 Å². The summed E-state index contributed by atoms with van der Waals surface area (Å²) in [5, 5.41) is 0. The fraction of sp³-hybridized carbons (Fsp3) is 1.00. The third-order valence-electron chi connectivity index (χ3n) is 4.86. The van der Waals surface area contributed by atoms with Crippen molar-refractivity contribution in [3.8, 4) is 0 Å². The predicted octanol–water partition coefficient (Wildman–Crippen LogP) is 2.16. The molecule has 11 heavy (non-hydrogen) atoms. The van der Waals surface area contributed by atoms with Crippen LogP contribution in [0.15, 0.2) is 0 Å². The van der Waals surface area contributed by atoms with Gasteiger partial charge < -0.3 is 5.73 Å². The molecule has 0 saturated heterocycles. The summed E-state index contributed by atoms with van der Waals surface area (Å²) in [6, 6.07) is 0.469. The Labute approximate surface area is 69.4 Å². The first-order valence-electron chi connectivity index (χ1n) is 4.74. The van der Waals surface area contributed by atoms with E-state index in [9.17, 15) is 0 Å². The average molecular weight is 153 g/mol. The molecule has 0 amide bonds. The smallest absolute Gasteiger partial charge is 0.0101 e. The van der Waals surface area contributed by atoms with Gasteiger partial charge in [0.1, 0.15) is 0 Å². The molecule has 0 spiro atoms. The third-order valence-corrected chi connectivity index (χ3v) is 4.86. The molecular weight excluding hydrogens is 134 g/mol. The van der Waals surface area contributed by atoms with Gasteiger partial charge in [-0.2, -0.15) is 0 Å². The maximum atomic E-state index is 6.13. The molecule has 2 rings (SSSR count). The minimum atomic E-state index is 0.442. The van der Waals surface area contributed by atoms with Gasteiger partial charge in [-0.05, 0) is 36.0 Å². The van der Waals surface area contributed by atoms with Gasteiger partial charge in [-0.25, -0.2) is 0 Å². The summed E-state index contributed by atoms with van der Waals surface area (Å²) in [6.07, 6.45) is 4.03. The van der Waals surface area contributed by atoms with Gasteiger partial charge in [-0.3, -0.25) is 0 Å². The van der Waals surface area contributed by atoms with Crippen LogP contribution in [0.1, 0.15) is 40.0 Å². The van der Waals surface area contributed by atoms with Crippen LogP contribution in [-0.4, -0.2) is 6.04 Å². The van der Waals surface area contributed by atoms with Crippen LogP contribution in [0.5, 0.6) is 0 Å². The lowest BCUT2D eigenvalue weighted by atomic mass is 9.69. The topological polar surface area (TPSA) is 26.0 Å². The first-order valence-corrected chi connectivity index (χ1v) is 4.74. The lowest BCUT2D eigenvalue weighted by Gasteiger charge is -2.37. The Balaban J connectivity index is 2.40. The molecule has 1 nitrogen and oxygen atoms in total. The number of hydrogen-bond acceptors (Lipinski definition) is 1. The molecule has 2 bridgehead atoms. The first-order chi connectivity index (χ1) is 4.98. The Hall–Kier alpha value is -0.0400. The van der Waals surface area contributed by atoms with Crippen molar-refractivity contribution in [1.82, 2.24) is 0 Å². The molecule has 2 aliphatic carbocycles. The van der Waals surface area contributed by atoms with Crippen LogP contribution in [0, 0.1) is 16.7 Å². The van der Waals surface area contributed by atoms with Gasteiger partial charge in [0.05, 0.1) is 0 Å². The normalized spacial score (nSPS) is 53.5. The Morgan fingerprint density at radius 2 is 1.91 bits per heavy atom. The van der Waals surface area contributed by atoms with E-state index in [0.717, 1.165) is 5.92 Å². The summed E-state index contributed by atoms with van der Waals surface area (Å²) in [6.45, 7) is 7.18. The standard InChI is InChI=1S/C10H19N/c1-9(2)7-4-5-10(9,3)8(11)6-7/h7-8H,4-6,11H2,1-3H3/t7-,8+,10-/m0/s1. The van der Waals surface area contributed by atoms with Gasteiger partial charge in [0.25, 0.3) is 0 Å². The minimum absolute atomic E-state index is 0.442. The van der Waals surface area contributed by atoms with Crippen molar-refractivity contribution in [3.05, 3.63) is 0 Å². The van der Waals surface area contributed by atoms with E-state index in [2.05, 4.69) is 20.8 Å². The molecule has 64 valence electrons. The number of fused-ring (bicyclic) bond motifs is 2. The van der Waals surface area contributed by atoms with Crippen LogP contribution in [-0.2, 0) is 0 Å². The molecule has 0 aromatic rings. The molecule has 1 heteroatoms. The van der Waals surface area contributed by atoms with Crippen molar-refractivity contribution < 1.29 is 0 Å². The van der Waals surface area contributed by atoms with E-state index in [4.69, 9.17) is 5.73 Å². The van der Waals surface area contributed by atoms with E-state index in [1.807, 2.05) is 0 Å². The maximum Gasteiger partial charge on any atom is 0.0101 e. The lowest BCUT2D eigenvalue weighted by Crippen LogP contribution is -2.40. The highest BCUT2D eigenvalue weighted by Gasteiger charge is 2.59. The molecule has 2 fully saturated rings. The molecule has 0 unspecified atom stereocenters. The SMILES string of the molecule is CC1(C)[C@H]2CC[C@@]1(C)[C@H](N)C2. The third kappa shape index (κ3) is 0.658. The fourth-order valence-electron chi connectivity index (χ4n) is 3.27. The highest BCUT2D eigenvalue weighted by atomic mass is 14.8. The monoisotopic (exact) mass is 153 g/mol. The van der Waals surface area contributed by atoms with Crippen LogP contribution in [0.3, 0.4) is 0 Å². The van der Waals surface area contributed by atoms with Crippen molar-refractivity contribution in [2.45, 2.75) is 46.1 Å².